The van der Waals surface area contributed by atoms with E-state index in [1.54, 1.807) is 18.2 Å². The van der Waals surface area contributed by atoms with Gasteiger partial charge in [0.15, 0.2) is 0 Å². The van der Waals surface area contributed by atoms with Gasteiger partial charge in [-0.25, -0.2) is 8.78 Å². The lowest BCUT2D eigenvalue weighted by Crippen LogP contribution is -2.21. The van der Waals surface area contributed by atoms with Crippen LogP contribution in [-0.4, -0.2) is 38.0 Å². The topological polar surface area (TPSA) is 56.4 Å². The third-order valence-electron chi connectivity index (χ3n) is 4.00. The number of nitrogens with zero attached hydrogens (tertiary/aromatic N) is 1. The third-order valence-corrected chi connectivity index (χ3v) is 4.00. The monoisotopic (exact) mass is 358 g/mol. The summed E-state index contributed by atoms with van der Waals surface area (Å²) in [6.07, 6.45) is 1.39. The number of benzene rings is 2. The summed E-state index contributed by atoms with van der Waals surface area (Å²) < 4.78 is 28.2. The Bertz CT molecular complexity index is 865. The van der Waals surface area contributed by atoms with Crippen LogP contribution in [-0.2, 0) is 4.79 Å². The molecule has 3 N–H and O–H groups in total. The lowest BCUT2D eigenvalue weighted by molar-refractivity contribution is -0.110. The second-order valence-corrected chi connectivity index (χ2v) is 6.24. The molecule has 0 bridgehead atoms. The summed E-state index contributed by atoms with van der Waals surface area (Å²) in [7, 11) is 3.89. The molecule has 0 saturated heterocycles. The first-order valence-electron chi connectivity index (χ1n) is 8.21. The van der Waals surface area contributed by atoms with Crippen molar-refractivity contribution < 1.29 is 13.6 Å². The molecule has 2 aromatic rings. The second-order valence-electron chi connectivity index (χ2n) is 6.24. The first-order chi connectivity index (χ1) is 12.5. The molecule has 1 amide bonds. The van der Waals surface area contributed by atoms with E-state index in [4.69, 9.17) is 0 Å². The van der Waals surface area contributed by atoms with Crippen molar-refractivity contribution in [2.45, 2.75) is 0 Å². The van der Waals surface area contributed by atoms with Gasteiger partial charge in [-0.05, 0) is 44.4 Å². The van der Waals surface area contributed by atoms with E-state index in [1.165, 1.54) is 24.4 Å². The van der Waals surface area contributed by atoms with Crippen LogP contribution in [0.2, 0.25) is 0 Å². The van der Waals surface area contributed by atoms with Crippen molar-refractivity contribution >= 4 is 28.5 Å². The molecule has 0 saturated carbocycles. The van der Waals surface area contributed by atoms with Crippen molar-refractivity contribution in [1.29, 1.82) is 0 Å². The molecule has 0 aliphatic carbocycles. The Hall–Kier alpha value is -2.93. The number of amides is 1. The molecule has 3 rings (SSSR count). The second kappa shape index (κ2) is 7.53. The molecule has 136 valence electrons. The largest absolute Gasteiger partial charge is 0.381 e. The zero-order valence-electron chi connectivity index (χ0n) is 14.6. The van der Waals surface area contributed by atoms with Crippen molar-refractivity contribution in [2.75, 3.05) is 43.1 Å². The van der Waals surface area contributed by atoms with E-state index in [1.807, 2.05) is 19.0 Å². The Kier molecular flexibility index (Phi) is 5.18. The van der Waals surface area contributed by atoms with Crippen LogP contribution in [0, 0.1) is 11.6 Å². The SMILES string of the molecule is CN(C)CCNc1ccc(N/C=C2/C(=O)Nc3cccc(F)c32)cc1F. The predicted octanol–water partition coefficient (Wildman–Crippen LogP) is 3.34. The van der Waals surface area contributed by atoms with E-state index in [0.717, 1.165) is 6.54 Å². The number of hydrogen-bond donors (Lipinski definition) is 3. The fourth-order valence-electron chi connectivity index (χ4n) is 2.66. The number of rotatable bonds is 6. The summed E-state index contributed by atoms with van der Waals surface area (Å²) in [5.74, 6) is -1.30. The number of nitrogens with one attached hydrogen (secondary N) is 3. The summed E-state index contributed by atoms with van der Waals surface area (Å²) in [5, 5.41) is 8.49. The zero-order valence-corrected chi connectivity index (χ0v) is 14.6. The van der Waals surface area contributed by atoms with Gasteiger partial charge in [-0.2, -0.15) is 0 Å². The van der Waals surface area contributed by atoms with Gasteiger partial charge in [0.05, 0.1) is 16.9 Å². The lowest BCUT2D eigenvalue weighted by Gasteiger charge is -2.12. The van der Waals surface area contributed by atoms with Crippen LogP contribution in [0.1, 0.15) is 5.56 Å². The maximum atomic E-state index is 14.2. The molecule has 26 heavy (non-hydrogen) atoms. The molecule has 0 radical (unpaired) electrons. The number of likely N-dealkylation sites (N-methyl/N-ethyl adjacent to an activating group) is 1. The minimum absolute atomic E-state index is 0.173. The zero-order chi connectivity index (χ0) is 18.7. The van der Waals surface area contributed by atoms with Gasteiger partial charge in [0, 0.05) is 30.5 Å². The molecular weight excluding hydrogens is 338 g/mol. The van der Waals surface area contributed by atoms with Crippen molar-refractivity contribution in [3.05, 3.63) is 59.8 Å². The van der Waals surface area contributed by atoms with Crippen molar-refractivity contribution in [3.8, 4) is 0 Å². The van der Waals surface area contributed by atoms with Gasteiger partial charge < -0.3 is 20.9 Å². The van der Waals surface area contributed by atoms with E-state index in [-0.39, 0.29) is 11.1 Å². The summed E-state index contributed by atoms with van der Waals surface area (Å²) >= 11 is 0. The molecule has 1 aliphatic heterocycles. The highest BCUT2D eigenvalue weighted by molar-refractivity contribution is 6.31. The van der Waals surface area contributed by atoms with E-state index in [2.05, 4.69) is 16.0 Å². The molecule has 2 aromatic carbocycles. The number of halogens is 2. The normalized spacial score (nSPS) is 14.5. The molecule has 0 spiro atoms. The first-order valence-corrected chi connectivity index (χ1v) is 8.21. The molecule has 1 heterocycles. The number of carbonyl (C=O) groups is 1. The number of fused-ring (bicyclic) bond motifs is 1. The van der Waals surface area contributed by atoms with E-state index in [0.29, 0.717) is 23.6 Å². The van der Waals surface area contributed by atoms with Crippen LogP contribution >= 0.6 is 0 Å². The van der Waals surface area contributed by atoms with Gasteiger partial charge >= 0.3 is 0 Å². The maximum Gasteiger partial charge on any atom is 0.257 e. The molecule has 7 heteroatoms. The van der Waals surface area contributed by atoms with Gasteiger partial charge in [0.1, 0.15) is 11.6 Å². The average Bonchev–Trinajstić information content (AvgIpc) is 2.91. The van der Waals surface area contributed by atoms with Crippen LogP contribution < -0.4 is 16.0 Å². The smallest absolute Gasteiger partial charge is 0.257 e. The molecule has 0 fully saturated rings. The Morgan fingerprint density at radius 1 is 1.15 bits per heavy atom. The standard InChI is InChI=1S/C19H20F2N4O/c1-25(2)9-8-22-16-7-6-12(10-15(16)21)23-11-13-18-14(20)4-3-5-17(18)24-19(13)26/h3-7,10-11,22-23H,8-9H2,1-2H3,(H,24,26)/b13-11+. The number of anilines is 3. The van der Waals surface area contributed by atoms with Gasteiger partial charge in [-0.15, -0.1) is 0 Å². The van der Waals surface area contributed by atoms with Crippen LogP contribution in [0.3, 0.4) is 0 Å². The molecule has 0 atom stereocenters. The Morgan fingerprint density at radius 2 is 1.96 bits per heavy atom. The molecule has 0 aromatic heterocycles. The van der Waals surface area contributed by atoms with Crippen LogP contribution in [0.15, 0.2) is 42.6 Å². The van der Waals surface area contributed by atoms with Crippen LogP contribution in [0.25, 0.3) is 5.57 Å². The highest BCUT2D eigenvalue weighted by atomic mass is 19.1. The average molecular weight is 358 g/mol. The minimum atomic E-state index is -0.486. The highest BCUT2D eigenvalue weighted by Crippen LogP contribution is 2.33. The predicted molar refractivity (Wildman–Crippen MR) is 100 cm³/mol. The molecule has 5 nitrogen and oxygen atoms in total. The van der Waals surface area contributed by atoms with Crippen LogP contribution in [0.5, 0.6) is 0 Å². The van der Waals surface area contributed by atoms with Crippen molar-refractivity contribution in [2.24, 2.45) is 0 Å². The fourth-order valence-corrected chi connectivity index (χ4v) is 2.66. The minimum Gasteiger partial charge on any atom is -0.381 e. The summed E-state index contributed by atoms with van der Waals surface area (Å²) in [6, 6.07) is 9.08. The van der Waals surface area contributed by atoms with Crippen molar-refractivity contribution in [3.63, 3.8) is 0 Å². The molecule has 1 aliphatic rings. The van der Waals surface area contributed by atoms with E-state index in [9.17, 15) is 13.6 Å². The molecule has 0 unspecified atom stereocenters. The Balaban J connectivity index is 1.73. The van der Waals surface area contributed by atoms with E-state index >= 15 is 0 Å². The van der Waals surface area contributed by atoms with E-state index < -0.39 is 17.5 Å². The van der Waals surface area contributed by atoms with Crippen LogP contribution in [0.4, 0.5) is 25.8 Å². The summed E-state index contributed by atoms with van der Waals surface area (Å²) in [6.45, 7) is 1.41. The summed E-state index contributed by atoms with van der Waals surface area (Å²) in [5.41, 5.74) is 1.68. The van der Waals surface area contributed by atoms with Gasteiger partial charge in [0.2, 0.25) is 0 Å². The number of hydrogen-bond acceptors (Lipinski definition) is 4. The number of carbonyl (C=O) groups excluding carboxylic acids is 1. The fraction of sp³-hybridized carbons (Fsp3) is 0.211. The Morgan fingerprint density at radius 3 is 2.69 bits per heavy atom. The maximum absolute atomic E-state index is 14.2. The first kappa shape index (κ1) is 17.9. The summed E-state index contributed by atoms with van der Waals surface area (Å²) in [4.78, 5) is 14.0. The molecular formula is C19H20F2N4O. The third kappa shape index (κ3) is 3.83. The Labute approximate surface area is 150 Å². The van der Waals surface area contributed by atoms with Gasteiger partial charge in [-0.1, -0.05) is 6.07 Å². The lowest BCUT2D eigenvalue weighted by atomic mass is 10.1. The quantitative estimate of drug-likeness (QED) is 0.693. The van der Waals surface area contributed by atoms with Gasteiger partial charge in [-0.3, -0.25) is 4.79 Å². The highest BCUT2D eigenvalue weighted by Gasteiger charge is 2.27. The van der Waals surface area contributed by atoms with Gasteiger partial charge in [0.25, 0.3) is 5.91 Å². The van der Waals surface area contributed by atoms with Crippen molar-refractivity contribution in [1.82, 2.24) is 4.90 Å².